The Kier molecular flexibility index (Phi) is 5.08. The quantitative estimate of drug-likeness (QED) is 0.640. The van der Waals surface area contributed by atoms with Crippen molar-refractivity contribution in [1.29, 1.82) is 5.26 Å². The molecule has 0 aliphatic heterocycles. The highest BCUT2D eigenvalue weighted by Gasteiger charge is 2.25. The number of methoxy groups -OCH3 is 1. The molecule has 5 nitrogen and oxygen atoms in total. The van der Waals surface area contributed by atoms with Gasteiger partial charge in [0.05, 0.1) is 12.8 Å². The molecule has 0 bridgehead atoms. The minimum Gasteiger partial charge on any atom is -0.464 e. The minimum absolute atomic E-state index is 0.00897. The summed E-state index contributed by atoms with van der Waals surface area (Å²) in [5.74, 6) is -0.649. The molecule has 1 aromatic heterocycles. The predicted molar refractivity (Wildman–Crippen MR) is 95.2 cm³/mol. The second kappa shape index (κ2) is 7.43. The Morgan fingerprint density at radius 3 is 2.48 bits per heavy atom. The van der Waals surface area contributed by atoms with E-state index in [2.05, 4.69) is 11.2 Å². The van der Waals surface area contributed by atoms with Crippen LogP contribution in [0.4, 0.5) is 0 Å². The Morgan fingerprint density at radius 2 is 1.88 bits per heavy atom. The fraction of sp³-hybridized carbons (Fsp3) is 0.0556. The fourth-order valence-corrected chi connectivity index (χ4v) is 3.29. The van der Waals surface area contributed by atoms with Crippen LogP contribution in [0, 0.1) is 11.3 Å². The molecule has 0 saturated carbocycles. The van der Waals surface area contributed by atoms with Gasteiger partial charge in [-0.2, -0.15) is 10.4 Å². The Balaban J connectivity index is 2.16. The van der Waals surface area contributed by atoms with Crippen LogP contribution in [0.3, 0.4) is 0 Å². The third kappa shape index (κ3) is 3.53. The lowest BCUT2D eigenvalue weighted by Crippen LogP contribution is -2.05. The topological polar surface area (TPSA) is 67.9 Å². The number of carbonyl (C=O) groups is 1. The number of para-hydroxylation sites is 1. The molecule has 3 rings (SSSR count). The van der Waals surface area contributed by atoms with Crippen LogP contribution in [0.15, 0.2) is 64.5 Å². The summed E-state index contributed by atoms with van der Waals surface area (Å²) in [4.78, 5) is 12.9. The molecule has 3 aromatic rings. The Bertz CT molecular complexity index is 947. The van der Waals surface area contributed by atoms with E-state index in [9.17, 15) is 10.1 Å². The molecule has 0 aliphatic rings. The summed E-state index contributed by atoms with van der Waals surface area (Å²) >= 11 is 7.25. The van der Waals surface area contributed by atoms with Crippen molar-refractivity contribution in [2.24, 2.45) is 0 Å². The first-order valence-electron chi connectivity index (χ1n) is 7.24. The lowest BCUT2D eigenvalue weighted by molar-refractivity contribution is 0.0593. The lowest BCUT2D eigenvalue weighted by Gasteiger charge is -2.07. The maximum atomic E-state index is 12.0. The van der Waals surface area contributed by atoms with E-state index in [1.807, 2.05) is 42.5 Å². The Labute approximate surface area is 153 Å². The van der Waals surface area contributed by atoms with Crippen molar-refractivity contribution in [3.63, 3.8) is 0 Å². The van der Waals surface area contributed by atoms with Crippen LogP contribution in [-0.4, -0.2) is 22.9 Å². The summed E-state index contributed by atoms with van der Waals surface area (Å²) < 4.78 is 6.33. The van der Waals surface area contributed by atoms with E-state index in [-0.39, 0.29) is 11.3 Å². The third-order valence-electron chi connectivity index (χ3n) is 3.36. The van der Waals surface area contributed by atoms with Crippen LogP contribution < -0.4 is 0 Å². The first-order valence-corrected chi connectivity index (χ1v) is 8.43. The molecular weight excluding hydrogens is 358 g/mol. The summed E-state index contributed by atoms with van der Waals surface area (Å²) in [7, 11) is 1.26. The normalized spacial score (nSPS) is 10.3. The van der Waals surface area contributed by atoms with Crippen molar-refractivity contribution in [2.75, 3.05) is 7.11 Å². The van der Waals surface area contributed by atoms with Crippen molar-refractivity contribution in [3.05, 3.63) is 70.9 Å². The fourth-order valence-electron chi connectivity index (χ4n) is 2.20. The first kappa shape index (κ1) is 17.1. The molecule has 0 aliphatic carbocycles. The zero-order chi connectivity index (χ0) is 17.8. The summed E-state index contributed by atoms with van der Waals surface area (Å²) in [5, 5.41) is 15.0. The number of esters is 1. The molecule has 0 amide bonds. The van der Waals surface area contributed by atoms with Gasteiger partial charge < -0.3 is 4.74 Å². The first-order chi connectivity index (χ1) is 12.1. The summed E-state index contributed by atoms with van der Waals surface area (Å²) in [6.45, 7) is 0. The summed E-state index contributed by atoms with van der Waals surface area (Å²) in [6.07, 6.45) is 0. The number of nitrogens with zero attached hydrogens (tertiary/aromatic N) is 3. The van der Waals surface area contributed by atoms with E-state index in [1.165, 1.54) is 18.9 Å². The molecule has 0 spiro atoms. The number of ether oxygens (including phenoxy) is 1. The molecule has 0 saturated heterocycles. The molecule has 0 fully saturated rings. The summed E-state index contributed by atoms with van der Waals surface area (Å²) in [6, 6.07) is 18.6. The van der Waals surface area contributed by atoms with Gasteiger partial charge in [-0.15, -0.1) is 0 Å². The molecular formula is C18H12ClN3O2S. The highest BCUT2D eigenvalue weighted by atomic mass is 35.5. The largest absolute Gasteiger partial charge is 0.464 e. The molecule has 0 radical (unpaired) electrons. The van der Waals surface area contributed by atoms with Gasteiger partial charge >= 0.3 is 5.97 Å². The van der Waals surface area contributed by atoms with Gasteiger partial charge in [-0.05, 0) is 36.4 Å². The second-order valence-electron chi connectivity index (χ2n) is 4.94. The van der Waals surface area contributed by atoms with Crippen LogP contribution in [0.1, 0.15) is 16.1 Å². The number of hydrogen-bond donors (Lipinski definition) is 0. The van der Waals surface area contributed by atoms with E-state index in [0.29, 0.717) is 10.0 Å². The van der Waals surface area contributed by atoms with Gasteiger partial charge in [0.1, 0.15) is 16.7 Å². The number of hydrogen-bond acceptors (Lipinski definition) is 5. The number of aromatic nitrogens is 2. The van der Waals surface area contributed by atoms with Gasteiger partial charge in [-0.3, -0.25) is 0 Å². The smallest absolute Gasteiger partial charge is 0.360 e. The monoisotopic (exact) mass is 369 g/mol. The zero-order valence-corrected chi connectivity index (χ0v) is 14.7. The molecule has 1 heterocycles. The number of halogens is 1. The standard InChI is InChI=1S/C18H12ClN3O2S/c1-24-18(23)16-15(11-20)17(25-14-9-7-12(19)8-10-14)22(21-16)13-5-3-2-4-6-13/h2-10H,1H3. The molecule has 0 atom stereocenters. The van der Waals surface area contributed by atoms with Crippen LogP contribution in [0.2, 0.25) is 5.02 Å². The Morgan fingerprint density at radius 1 is 1.20 bits per heavy atom. The average Bonchev–Trinajstić information content (AvgIpc) is 3.02. The predicted octanol–water partition coefficient (Wildman–Crippen LogP) is 4.34. The maximum absolute atomic E-state index is 12.0. The molecule has 25 heavy (non-hydrogen) atoms. The number of carbonyl (C=O) groups excluding carboxylic acids is 1. The van der Waals surface area contributed by atoms with Crippen LogP contribution in [0.25, 0.3) is 5.69 Å². The van der Waals surface area contributed by atoms with E-state index >= 15 is 0 Å². The van der Waals surface area contributed by atoms with Crippen molar-refractivity contribution in [1.82, 2.24) is 9.78 Å². The van der Waals surface area contributed by atoms with E-state index in [4.69, 9.17) is 16.3 Å². The molecule has 7 heteroatoms. The highest BCUT2D eigenvalue weighted by Crippen LogP contribution is 2.34. The zero-order valence-electron chi connectivity index (χ0n) is 13.1. The molecule has 0 unspecified atom stereocenters. The van der Waals surface area contributed by atoms with E-state index in [1.54, 1.807) is 16.8 Å². The van der Waals surface area contributed by atoms with Crippen LogP contribution in [0.5, 0.6) is 0 Å². The van der Waals surface area contributed by atoms with E-state index < -0.39 is 5.97 Å². The molecule has 124 valence electrons. The van der Waals surface area contributed by atoms with Crippen LogP contribution in [-0.2, 0) is 4.74 Å². The van der Waals surface area contributed by atoms with Gasteiger partial charge in [-0.1, -0.05) is 41.6 Å². The van der Waals surface area contributed by atoms with Gasteiger partial charge in [-0.25, -0.2) is 9.48 Å². The van der Waals surface area contributed by atoms with Crippen LogP contribution >= 0.6 is 23.4 Å². The Hall–Kier alpha value is -2.75. The number of nitriles is 1. The van der Waals surface area contributed by atoms with Gasteiger partial charge in [0.15, 0.2) is 5.69 Å². The average molecular weight is 370 g/mol. The third-order valence-corrected chi connectivity index (χ3v) is 4.69. The second-order valence-corrected chi connectivity index (χ2v) is 6.43. The number of rotatable bonds is 4. The lowest BCUT2D eigenvalue weighted by atomic mass is 10.3. The number of benzene rings is 2. The van der Waals surface area contributed by atoms with Gasteiger partial charge in [0.25, 0.3) is 0 Å². The van der Waals surface area contributed by atoms with E-state index in [0.717, 1.165) is 10.6 Å². The molecule has 2 aromatic carbocycles. The molecule has 0 N–H and O–H groups in total. The maximum Gasteiger partial charge on any atom is 0.360 e. The van der Waals surface area contributed by atoms with Gasteiger partial charge in [0.2, 0.25) is 0 Å². The van der Waals surface area contributed by atoms with Crippen molar-refractivity contribution < 1.29 is 9.53 Å². The highest BCUT2D eigenvalue weighted by molar-refractivity contribution is 7.99. The van der Waals surface area contributed by atoms with Crippen molar-refractivity contribution in [2.45, 2.75) is 9.92 Å². The van der Waals surface area contributed by atoms with Gasteiger partial charge in [0, 0.05) is 9.92 Å². The summed E-state index contributed by atoms with van der Waals surface area (Å²) in [5.41, 5.74) is 0.909. The minimum atomic E-state index is -0.649. The SMILES string of the molecule is COC(=O)c1nn(-c2ccccc2)c(Sc2ccc(Cl)cc2)c1C#N. The van der Waals surface area contributed by atoms with Crippen molar-refractivity contribution in [3.8, 4) is 11.8 Å². The van der Waals surface area contributed by atoms with Crippen molar-refractivity contribution >= 4 is 29.3 Å².